The van der Waals surface area contributed by atoms with Crippen molar-refractivity contribution < 1.29 is 4.79 Å². The lowest BCUT2D eigenvalue weighted by Gasteiger charge is -2.25. The van der Waals surface area contributed by atoms with E-state index in [2.05, 4.69) is 45.7 Å². The molecule has 2 aromatic carbocycles. The second-order valence-corrected chi connectivity index (χ2v) is 7.57. The molecule has 0 spiro atoms. The number of anilines is 1. The molecule has 0 bridgehead atoms. The number of nitrogens with one attached hydrogen (secondary N) is 1. The third kappa shape index (κ3) is 5.13. The summed E-state index contributed by atoms with van der Waals surface area (Å²) < 4.78 is 1.77. The van der Waals surface area contributed by atoms with E-state index in [1.165, 1.54) is 11.1 Å². The van der Waals surface area contributed by atoms with Crippen LogP contribution in [0.15, 0.2) is 72.9 Å². The summed E-state index contributed by atoms with van der Waals surface area (Å²) in [5.41, 5.74) is 3.65. The van der Waals surface area contributed by atoms with E-state index in [-0.39, 0.29) is 5.91 Å². The van der Waals surface area contributed by atoms with Crippen molar-refractivity contribution >= 4 is 28.9 Å². The number of amides is 1. The number of benzene rings is 2. The van der Waals surface area contributed by atoms with E-state index in [1.54, 1.807) is 10.9 Å². The first kappa shape index (κ1) is 19.4. The highest BCUT2D eigenvalue weighted by molar-refractivity contribution is 6.30. The Morgan fingerprint density at radius 1 is 1.10 bits per heavy atom. The fourth-order valence-corrected chi connectivity index (χ4v) is 3.74. The monoisotopic (exact) mass is 406 g/mol. The predicted molar refractivity (Wildman–Crippen MR) is 117 cm³/mol. The molecular formula is C23H23ClN4O. The van der Waals surface area contributed by atoms with Crippen LogP contribution in [0, 0.1) is 0 Å². The van der Waals surface area contributed by atoms with Crippen molar-refractivity contribution in [2.45, 2.75) is 13.0 Å². The third-order valence-corrected chi connectivity index (χ3v) is 5.25. The Bertz CT molecular complexity index is 1010. The first-order chi connectivity index (χ1) is 14.2. The molecule has 5 nitrogen and oxygen atoms in total. The summed E-state index contributed by atoms with van der Waals surface area (Å²) in [7, 11) is 0. The summed E-state index contributed by atoms with van der Waals surface area (Å²) in [5.74, 6) is 0.655. The molecular weight excluding hydrogens is 384 g/mol. The van der Waals surface area contributed by atoms with E-state index < -0.39 is 0 Å². The highest BCUT2D eigenvalue weighted by atomic mass is 35.5. The van der Waals surface area contributed by atoms with Crippen LogP contribution >= 0.6 is 11.6 Å². The lowest BCUT2D eigenvalue weighted by atomic mass is 10.00. The Morgan fingerprint density at radius 2 is 1.97 bits per heavy atom. The Kier molecular flexibility index (Phi) is 6.08. The molecule has 1 amide bonds. The zero-order valence-corrected chi connectivity index (χ0v) is 16.8. The predicted octanol–water partition coefficient (Wildman–Crippen LogP) is 4.31. The quantitative estimate of drug-likeness (QED) is 0.663. The fourth-order valence-electron chi connectivity index (χ4n) is 3.53. The Balaban J connectivity index is 1.33. The van der Waals surface area contributed by atoms with Crippen LogP contribution < -0.4 is 5.32 Å². The van der Waals surface area contributed by atoms with Crippen LogP contribution in [0.1, 0.15) is 17.5 Å². The molecule has 0 radical (unpaired) electrons. The van der Waals surface area contributed by atoms with Gasteiger partial charge in [-0.25, -0.2) is 4.68 Å². The highest BCUT2D eigenvalue weighted by Gasteiger charge is 2.16. The summed E-state index contributed by atoms with van der Waals surface area (Å²) in [5, 5.41) is 7.99. The molecule has 0 fully saturated rings. The first-order valence-corrected chi connectivity index (χ1v) is 10.1. The summed E-state index contributed by atoms with van der Waals surface area (Å²) in [6.45, 7) is 2.56. The van der Waals surface area contributed by atoms with Crippen LogP contribution in [0.4, 0.5) is 5.82 Å². The van der Waals surface area contributed by atoms with Gasteiger partial charge in [0, 0.05) is 24.2 Å². The van der Waals surface area contributed by atoms with Gasteiger partial charge in [0.05, 0.1) is 19.3 Å². The molecule has 0 atom stereocenters. The van der Waals surface area contributed by atoms with Crippen LogP contribution in [-0.4, -0.2) is 40.2 Å². The van der Waals surface area contributed by atoms with Crippen LogP contribution in [-0.2, 0) is 11.3 Å². The second kappa shape index (κ2) is 9.07. The molecule has 0 unspecified atom stereocenters. The number of carbonyl (C=O) groups excluding carboxylic acids is 1. The molecule has 1 aliphatic rings. The molecule has 148 valence electrons. The van der Waals surface area contributed by atoms with Crippen molar-refractivity contribution in [3.63, 3.8) is 0 Å². The second-order valence-electron chi connectivity index (χ2n) is 7.13. The highest BCUT2D eigenvalue weighted by Crippen LogP contribution is 2.22. The van der Waals surface area contributed by atoms with E-state index in [0.717, 1.165) is 25.1 Å². The number of nitrogens with zero attached hydrogens (tertiary/aromatic N) is 3. The summed E-state index contributed by atoms with van der Waals surface area (Å²) in [6.07, 6.45) is 4.86. The summed E-state index contributed by atoms with van der Waals surface area (Å²) in [4.78, 5) is 14.7. The maximum Gasteiger partial charge on any atom is 0.239 e. The Morgan fingerprint density at radius 3 is 2.72 bits per heavy atom. The van der Waals surface area contributed by atoms with Crippen LogP contribution in [0.2, 0.25) is 5.02 Å². The van der Waals surface area contributed by atoms with Crippen molar-refractivity contribution in [1.82, 2.24) is 14.7 Å². The third-order valence-electron chi connectivity index (χ3n) is 5.01. The molecule has 2 heterocycles. The van der Waals surface area contributed by atoms with Crippen molar-refractivity contribution in [1.29, 1.82) is 0 Å². The van der Waals surface area contributed by atoms with Crippen molar-refractivity contribution in [3.05, 3.63) is 89.1 Å². The minimum Gasteiger partial charge on any atom is -0.310 e. The normalized spacial score (nSPS) is 14.4. The molecule has 29 heavy (non-hydrogen) atoms. The van der Waals surface area contributed by atoms with Gasteiger partial charge in [0.1, 0.15) is 5.82 Å². The number of hydrogen-bond donors (Lipinski definition) is 1. The van der Waals surface area contributed by atoms with Gasteiger partial charge in [-0.3, -0.25) is 9.69 Å². The Hall–Kier alpha value is -2.89. The van der Waals surface area contributed by atoms with E-state index in [0.29, 0.717) is 23.9 Å². The van der Waals surface area contributed by atoms with Crippen LogP contribution in [0.25, 0.3) is 5.57 Å². The SMILES string of the molecule is O=C(CN1CC=C(c2ccccc2)CC1)Nc1ccnn1Cc1cccc(Cl)c1. The van der Waals surface area contributed by atoms with E-state index >= 15 is 0 Å². The summed E-state index contributed by atoms with van der Waals surface area (Å²) in [6, 6.07) is 19.9. The standard InChI is InChI=1S/C23H23ClN4O/c24-21-8-4-5-18(15-21)16-28-22(9-12-25-28)26-23(29)17-27-13-10-20(11-14-27)19-6-2-1-3-7-19/h1-10,12,15H,11,13-14,16-17H2,(H,26,29). The number of aromatic nitrogens is 2. The number of rotatable bonds is 6. The topological polar surface area (TPSA) is 50.2 Å². The van der Waals surface area contributed by atoms with Crippen molar-refractivity contribution in [3.8, 4) is 0 Å². The van der Waals surface area contributed by atoms with Crippen molar-refractivity contribution in [2.75, 3.05) is 25.0 Å². The lowest BCUT2D eigenvalue weighted by molar-refractivity contribution is -0.117. The average Bonchev–Trinajstić information content (AvgIpc) is 3.15. The van der Waals surface area contributed by atoms with E-state index in [1.807, 2.05) is 36.4 Å². The van der Waals surface area contributed by atoms with Crippen LogP contribution in [0.5, 0.6) is 0 Å². The number of halogens is 1. The van der Waals surface area contributed by atoms with Crippen LogP contribution in [0.3, 0.4) is 0 Å². The van der Waals surface area contributed by atoms with Crippen molar-refractivity contribution in [2.24, 2.45) is 0 Å². The maximum absolute atomic E-state index is 12.6. The molecule has 0 saturated heterocycles. The minimum atomic E-state index is -0.0330. The zero-order valence-electron chi connectivity index (χ0n) is 16.1. The number of carbonyl (C=O) groups is 1. The van der Waals surface area contributed by atoms with Gasteiger partial charge in [-0.15, -0.1) is 0 Å². The van der Waals surface area contributed by atoms with Gasteiger partial charge in [-0.2, -0.15) is 5.10 Å². The van der Waals surface area contributed by atoms with Gasteiger partial charge in [0.25, 0.3) is 0 Å². The minimum absolute atomic E-state index is 0.0330. The maximum atomic E-state index is 12.6. The largest absolute Gasteiger partial charge is 0.310 e. The smallest absolute Gasteiger partial charge is 0.239 e. The molecule has 3 aromatic rings. The molecule has 0 saturated carbocycles. The molecule has 0 aliphatic carbocycles. The van der Waals surface area contributed by atoms with E-state index in [9.17, 15) is 4.79 Å². The molecule has 6 heteroatoms. The molecule has 1 aliphatic heterocycles. The average molecular weight is 407 g/mol. The summed E-state index contributed by atoms with van der Waals surface area (Å²) >= 11 is 6.06. The van der Waals surface area contributed by atoms with Gasteiger partial charge in [0.2, 0.25) is 5.91 Å². The van der Waals surface area contributed by atoms with Gasteiger partial charge >= 0.3 is 0 Å². The molecule has 4 rings (SSSR count). The zero-order chi connectivity index (χ0) is 20.1. The first-order valence-electron chi connectivity index (χ1n) is 9.70. The molecule has 1 aromatic heterocycles. The fraction of sp³-hybridized carbons (Fsp3) is 0.217. The number of hydrogen-bond acceptors (Lipinski definition) is 3. The Labute approximate surface area is 175 Å². The van der Waals surface area contributed by atoms with E-state index in [4.69, 9.17) is 11.6 Å². The van der Waals surface area contributed by atoms with Gasteiger partial charge in [-0.1, -0.05) is 60.1 Å². The van der Waals surface area contributed by atoms with Gasteiger partial charge in [-0.05, 0) is 35.3 Å². The molecule has 1 N–H and O–H groups in total. The van der Waals surface area contributed by atoms with Gasteiger partial charge < -0.3 is 5.32 Å². The lowest BCUT2D eigenvalue weighted by Crippen LogP contribution is -2.36. The van der Waals surface area contributed by atoms with Gasteiger partial charge in [0.15, 0.2) is 0 Å².